The fourth-order valence-corrected chi connectivity index (χ4v) is 2.63. The van der Waals surface area contributed by atoms with E-state index in [9.17, 15) is 4.39 Å². The zero-order chi connectivity index (χ0) is 13.9. The Hall–Kier alpha value is -1.83. The molecule has 1 N–H and O–H groups in total. The molecule has 0 heterocycles. The van der Waals surface area contributed by atoms with E-state index in [2.05, 4.69) is 36.5 Å². The van der Waals surface area contributed by atoms with E-state index in [1.807, 2.05) is 12.1 Å². The summed E-state index contributed by atoms with van der Waals surface area (Å²) in [5, 5.41) is 3.63. The topological polar surface area (TPSA) is 12.0 Å². The van der Waals surface area contributed by atoms with Crippen LogP contribution in [-0.4, -0.2) is 0 Å². The third kappa shape index (κ3) is 3.01. The van der Waals surface area contributed by atoms with Crippen molar-refractivity contribution in [3.63, 3.8) is 0 Å². The summed E-state index contributed by atoms with van der Waals surface area (Å²) in [4.78, 5) is 0. The lowest BCUT2D eigenvalue weighted by Crippen LogP contribution is -2.13. The van der Waals surface area contributed by atoms with Crippen molar-refractivity contribution in [3.05, 3.63) is 65.5 Å². The Kier molecular flexibility index (Phi) is 3.72. The average Bonchev–Trinajstić information content (AvgIpc) is 3.31. The first-order valence-corrected chi connectivity index (χ1v) is 7.37. The van der Waals surface area contributed by atoms with Gasteiger partial charge in [-0.25, -0.2) is 4.39 Å². The lowest BCUT2D eigenvalue weighted by atomic mass is 10.0. The van der Waals surface area contributed by atoms with Crippen LogP contribution in [0.15, 0.2) is 48.5 Å². The zero-order valence-corrected chi connectivity index (χ0v) is 11.8. The summed E-state index contributed by atoms with van der Waals surface area (Å²) >= 11 is 0. The molecule has 2 heteroatoms. The molecular formula is C18H20FN. The molecular weight excluding hydrogens is 249 g/mol. The summed E-state index contributed by atoms with van der Waals surface area (Å²) in [7, 11) is 0. The molecule has 0 aliphatic heterocycles. The van der Waals surface area contributed by atoms with Gasteiger partial charge in [0.05, 0.1) is 6.04 Å². The molecule has 20 heavy (non-hydrogen) atoms. The van der Waals surface area contributed by atoms with E-state index in [1.165, 1.54) is 24.0 Å². The standard InChI is InChI=1S/C18H20FN/c1-2-13-4-3-5-17(12-13)20-18(14-6-7-14)15-8-10-16(19)11-9-15/h3-5,8-12,14,18,20H,2,6-7H2,1H3. The second-order valence-electron chi connectivity index (χ2n) is 5.56. The van der Waals surface area contributed by atoms with Crippen LogP contribution in [0.1, 0.15) is 36.9 Å². The molecule has 2 aromatic rings. The predicted molar refractivity (Wildman–Crippen MR) is 81.3 cm³/mol. The van der Waals surface area contributed by atoms with Crippen LogP contribution in [0.2, 0.25) is 0 Å². The van der Waals surface area contributed by atoms with Crippen LogP contribution in [0.3, 0.4) is 0 Å². The number of benzene rings is 2. The Morgan fingerprint density at radius 3 is 2.55 bits per heavy atom. The van der Waals surface area contributed by atoms with Crippen LogP contribution in [0.4, 0.5) is 10.1 Å². The molecule has 0 bridgehead atoms. The molecule has 2 aromatic carbocycles. The monoisotopic (exact) mass is 269 g/mol. The largest absolute Gasteiger partial charge is 0.378 e. The first kappa shape index (κ1) is 13.2. The number of halogens is 1. The quantitative estimate of drug-likeness (QED) is 0.809. The van der Waals surface area contributed by atoms with Crippen molar-refractivity contribution in [2.24, 2.45) is 5.92 Å². The van der Waals surface area contributed by atoms with E-state index in [4.69, 9.17) is 0 Å². The van der Waals surface area contributed by atoms with Crippen LogP contribution < -0.4 is 5.32 Å². The molecule has 1 aliphatic rings. The normalized spacial score (nSPS) is 15.9. The Bertz CT molecular complexity index is 572. The minimum absolute atomic E-state index is 0.170. The van der Waals surface area contributed by atoms with Gasteiger partial charge in [0.1, 0.15) is 5.82 Å². The van der Waals surface area contributed by atoms with Crippen molar-refractivity contribution < 1.29 is 4.39 Å². The van der Waals surface area contributed by atoms with Gasteiger partial charge in [-0.2, -0.15) is 0 Å². The highest BCUT2D eigenvalue weighted by molar-refractivity contribution is 5.48. The maximum Gasteiger partial charge on any atom is 0.123 e. The highest BCUT2D eigenvalue weighted by Gasteiger charge is 2.32. The number of aryl methyl sites for hydroxylation is 1. The first-order chi connectivity index (χ1) is 9.76. The molecule has 1 fully saturated rings. The molecule has 0 aromatic heterocycles. The van der Waals surface area contributed by atoms with Gasteiger partial charge >= 0.3 is 0 Å². The highest BCUT2D eigenvalue weighted by Crippen LogP contribution is 2.42. The van der Waals surface area contributed by atoms with Crippen LogP contribution in [0, 0.1) is 11.7 Å². The SMILES string of the molecule is CCc1cccc(NC(c2ccc(F)cc2)C2CC2)c1. The smallest absolute Gasteiger partial charge is 0.123 e. The van der Waals surface area contributed by atoms with Gasteiger partial charge in [0.25, 0.3) is 0 Å². The van der Waals surface area contributed by atoms with Crippen molar-refractivity contribution in [3.8, 4) is 0 Å². The summed E-state index contributed by atoms with van der Waals surface area (Å²) in [5.74, 6) is 0.502. The van der Waals surface area contributed by atoms with Crippen LogP contribution in [0.25, 0.3) is 0 Å². The number of hydrogen-bond acceptors (Lipinski definition) is 1. The molecule has 3 rings (SSSR count). The fourth-order valence-electron chi connectivity index (χ4n) is 2.63. The van der Waals surface area contributed by atoms with E-state index in [0.29, 0.717) is 12.0 Å². The van der Waals surface area contributed by atoms with Crippen molar-refractivity contribution in [1.82, 2.24) is 0 Å². The van der Waals surface area contributed by atoms with E-state index < -0.39 is 0 Å². The third-order valence-electron chi connectivity index (χ3n) is 3.98. The Morgan fingerprint density at radius 1 is 1.15 bits per heavy atom. The number of rotatable bonds is 5. The van der Waals surface area contributed by atoms with Gasteiger partial charge in [0.2, 0.25) is 0 Å². The average molecular weight is 269 g/mol. The summed E-state index contributed by atoms with van der Waals surface area (Å²) in [5.41, 5.74) is 3.67. The van der Waals surface area contributed by atoms with Gasteiger partial charge in [-0.15, -0.1) is 0 Å². The van der Waals surface area contributed by atoms with Crippen LogP contribution >= 0.6 is 0 Å². The lowest BCUT2D eigenvalue weighted by Gasteiger charge is -2.20. The minimum atomic E-state index is -0.170. The highest BCUT2D eigenvalue weighted by atomic mass is 19.1. The van der Waals surface area contributed by atoms with Crippen molar-refractivity contribution in [2.45, 2.75) is 32.2 Å². The summed E-state index contributed by atoms with van der Waals surface area (Å²) in [6.07, 6.45) is 3.55. The second kappa shape index (κ2) is 5.66. The molecule has 1 unspecified atom stereocenters. The number of anilines is 1. The maximum atomic E-state index is 13.1. The molecule has 1 nitrogen and oxygen atoms in total. The Balaban J connectivity index is 1.82. The predicted octanol–water partition coefficient (Wildman–Crippen LogP) is 4.95. The molecule has 1 saturated carbocycles. The van der Waals surface area contributed by atoms with E-state index in [-0.39, 0.29) is 5.82 Å². The molecule has 0 saturated heterocycles. The molecule has 104 valence electrons. The summed E-state index contributed by atoms with van der Waals surface area (Å²) in [6.45, 7) is 2.16. The minimum Gasteiger partial charge on any atom is -0.378 e. The lowest BCUT2D eigenvalue weighted by molar-refractivity contribution is 0.622. The third-order valence-corrected chi connectivity index (χ3v) is 3.98. The molecule has 0 amide bonds. The second-order valence-corrected chi connectivity index (χ2v) is 5.56. The Morgan fingerprint density at radius 2 is 1.90 bits per heavy atom. The maximum absolute atomic E-state index is 13.1. The van der Waals surface area contributed by atoms with Crippen molar-refractivity contribution in [1.29, 1.82) is 0 Å². The van der Waals surface area contributed by atoms with Gasteiger partial charge in [-0.1, -0.05) is 31.2 Å². The van der Waals surface area contributed by atoms with Crippen molar-refractivity contribution >= 4 is 5.69 Å². The van der Waals surface area contributed by atoms with E-state index in [1.54, 1.807) is 12.1 Å². The Labute approximate surface area is 119 Å². The fraction of sp³-hybridized carbons (Fsp3) is 0.333. The van der Waals surface area contributed by atoms with Gasteiger partial charge in [-0.3, -0.25) is 0 Å². The summed E-state index contributed by atoms with van der Waals surface area (Å²) in [6, 6.07) is 15.7. The molecule has 1 atom stereocenters. The number of nitrogens with one attached hydrogen (secondary N) is 1. The van der Waals surface area contributed by atoms with Crippen LogP contribution in [0.5, 0.6) is 0 Å². The summed E-state index contributed by atoms with van der Waals surface area (Å²) < 4.78 is 13.1. The van der Waals surface area contributed by atoms with Crippen molar-refractivity contribution in [2.75, 3.05) is 5.32 Å². The van der Waals surface area contributed by atoms with Gasteiger partial charge < -0.3 is 5.32 Å². The molecule has 0 radical (unpaired) electrons. The zero-order valence-electron chi connectivity index (χ0n) is 11.8. The van der Waals surface area contributed by atoms with Crippen LogP contribution in [-0.2, 0) is 6.42 Å². The van der Waals surface area contributed by atoms with E-state index in [0.717, 1.165) is 12.1 Å². The molecule has 0 spiro atoms. The first-order valence-electron chi connectivity index (χ1n) is 7.37. The van der Waals surface area contributed by atoms with Gasteiger partial charge in [0, 0.05) is 5.69 Å². The molecule has 1 aliphatic carbocycles. The van der Waals surface area contributed by atoms with Gasteiger partial charge in [-0.05, 0) is 60.6 Å². The van der Waals surface area contributed by atoms with E-state index >= 15 is 0 Å². The van der Waals surface area contributed by atoms with Gasteiger partial charge in [0.15, 0.2) is 0 Å². The number of hydrogen-bond donors (Lipinski definition) is 1.